The number of rotatable bonds is 6. The fourth-order valence-electron chi connectivity index (χ4n) is 5.12. The van der Waals surface area contributed by atoms with Crippen molar-refractivity contribution in [2.45, 2.75) is 50.4 Å². The second-order valence-electron chi connectivity index (χ2n) is 8.69. The predicted molar refractivity (Wildman–Crippen MR) is 123 cm³/mol. The largest absolute Gasteiger partial charge is 0.496 e. The fraction of sp³-hybridized carbons (Fsp3) is 0.708. The molecule has 1 N–H and O–H groups in total. The molecule has 3 fully saturated rings. The first-order valence-electron chi connectivity index (χ1n) is 11.9. The van der Waals surface area contributed by atoms with Gasteiger partial charge in [-0.2, -0.15) is 0 Å². The zero-order valence-electron chi connectivity index (χ0n) is 19.1. The molecule has 0 aromatic heterocycles. The third-order valence-electron chi connectivity index (χ3n) is 6.77. The van der Waals surface area contributed by atoms with Gasteiger partial charge < -0.3 is 24.4 Å². The number of guanidine groups is 1. The van der Waals surface area contributed by atoms with Crippen molar-refractivity contribution >= 4 is 5.96 Å². The number of ether oxygens (including phenoxy) is 3. The number of piperidine rings is 1. The van der Waals surface area contributed by atoms with Gasteiger partial charge in [0.2, 0.25) is 0 Å². The zero-order chi connectivity index (χ0) is 21.5. The molecule has 7 heteroatoms. The molecule has 31 heavy (non-hydrogen) atoms. The summed E-state index contributed by atoms with van der Waals surface area (Å²) < 4.78 is 17.6. The van der Waals surface area contributed by atoms with Crippen LogP contribution in [0.4, 0.5) is 0 Å². The molecular formula is C24H38N4O3. The van der Waals surface area contributed by atoms with Crippen LogP contribution in [0.5, 0.6) is 5.75 Å². The lowest BCUT2D eigenvalue weighted by Crippen LogP contribution is -2.54. The van der Waals surface area contributed by atoms with Gasteiger partial charge in [-0.1, -0.05) is 24.6 Å². The molecule has 1 aromatic rings. The second kappa shape index (κ2) is 11.2. The van der Waals surface area contributed by atoms with E-state index in [0.717, 1.165) is 63.9 Å². The lowest BCUT2D eigenvalue weighted by atomic mass is 10.0. The molecule has 3 atom stereocenters. The lowest BCUT2D eigenvalue weighted by molar-refractivity contribution is -0.0817. The van der Waals surface area contributed by atoms with Crippen LogP contribution in [-0.4, -0.2) is 88.1 Å². The predicted octanol–water partition coefficient (Wildman–Crippen LogP) is 2.68. The molecule has 0 spiro atoms. The first kappa shape index (κ1) is 22.4. The van der Waals surface area contributed by atoms with E-state index in [1.165, 1.54) is 24.8 Å². The Morgan fingerprint density at radius 3 is 2.65 bits per heavy atom. The molecule has 3 aliphatic heterocycles. The number of likely N-dealkylation sites (tertiary alicyclic amines) is 1. The van der Waals surface area contributed by atoms with E-state index in [-0.39, 0.29) is 18.2 Å². The van der Waals surface area contributed by atoms with Crippen LogP contribution in [0, 0.1) is 0 Å². The van der Waals surface area contributed by atoms with Gasteiger partial charge in [-0.15, -0.1) is 0 Å². The molecular weight excluding hydrogens is 392 g/mol. The van der Waals surface area contributed by atoms with E-state index in [0.29, 0.717) is 6.61 Å². The van der Waals surface area contributed by atoms with E-state index in [1.807, 2.05) is 13.1 Å². The maximum Gasteiger partial charge on any atom is 0.193 e. The molecule has 4 rings (SSSR count). The molecule has 0 aliphatic carbocycles. The Hall–Kier alpha value is -1.83. The van der Waals surface area contributed by atoms with Gasteiger partial charge in [0, 0.05) is 38.9 Å². The third kappa shape index (κ3) is 5.51. The van der Waals surface area contributed by atoms with Gasteiger partial charge in [0.1, 0.15) is 11.9 Å². The number of aliphatic imine (C=N–C) groups is 1. The quantitative estimate of drug-likeness (QED) is 0.553. The minimum Gasteiger partial charge on any atom is -0.496 e. The highest BCUT2D eigenvalue weighted by molar-refractivity contribution is 5.80. The highest BCUT2D eigenvalue weighted by Crippen LogP contribution is 2.31. The van der Waals surface area contributed by atoms with Gasteiger partial charge in [-0.25, -0.2) is 0 Å². The van der Waals surface area contributed by atoms with Crippen LogP contribution in [-0.2, 0) is 9.47 Å². The van der Waals surface area contributed by atoms with Crippen LogP contribution >= 0.6 is 0 Å². The number of morpholine rings is 1. The fourth-order valence-corrected chi connectivity index (χ4v) is 5.12. The van der Waals surface area contributed by atoms with Crippen LogP contribution in [0.2, 0.25) is 0 Å². The van der Waals surface area contributed by atoms with Gasteiger partial charge in [0.15, 0.2) is 5.96 Å². The van der Waals surface area contributed by atoms with E-state index in [2.05, 4.69) is 38.3 Å². The molecule has 3 aliphatic rings. The van der Waals surface area contributed by atoms with Gasteiger partial charge >= 0.3 is 0 Å². The Morgan fingerprint density at radius 1 is 1.10 bits per heavy atom. The van der Waals surface area contributed by atoms with E-state index in [1.54, 1.807) is 7.11 Å². The minimum atomic E-state index is 0.127. The average molecular weight is 431 g/mol. The van der Waals surface area contributed by atoms with Crippen molar-refractivity contribution in [2.75, 3.05) is 60.1 Å². The summed E-state index contributed by atoms with van der Waals surface area (Å²) in [6.07, 6.45) is 6.41. The van der Waals surface area contributed by atoms with E-state index in [4.69, 9.17) is 14.2 Å². The molecule has 7 nitrogen and oxygen atoms in total. The molecule has 0 amide bonds. The van der Waals surface area contributed by atoms with E-state index in [9.17, 15) is 0 Å². The van der Waals surface area contributed by atoms with Crippen molar-refractivity contribution in [2.24, 2.45) is 4.99 Å². The van der Waals surface area contributed by atoms with Crippen LogP contribution in [0.15, 0.2) is 29.3 Å². The molecule has 3 heterocycles. The smallest absolute Gasteiger partial charge is 0.193 e. The Balaban J connectivity index is 1.44. The number of nitrogens with one attached hydrogen (secondary N) is 1. The molecule has 1 aromatic carbocycles. The number of benzene rings is 1. The van der Waals surface area contributed by atoms with Gasteiger partial charge in [-0.3, -0.25) is 9.89 Å². The first-order valence-corrected chi connectivity index (χ1v) is 11.9. The van der Waals surface area contributed by atoms with Crippen LogP contribution in [0.25, 0.3) is 0 Å². The lowest BCUT2D eigenvalue weighted by Gasteiger charge is -2.39. The monoisotopic (exact) mass is 430 g/mol. The number of nitrogens with zero attached hydrogens (tertiary/aromatic N) is 3. The molecule has 0 radical (unpaired) electrons. The normalized spacial score (nSPS) is 26.6. The summed E-state index contributed by atoms with van der Waals surface area (Å²) in [7, 11) is 3.63. The number of hydrogen-bond donors (Lipinski definition) is 1. The van der Waals surface area contributed by atoms with Crippen LogP contribution in [0.1, 0.15) is 43.7 Å². The van der Waals surface area contributed by atoms with E-state index >= 15 is 0 Å². The second-order valence-corrected chi connectivity index (χ2v) is 8.69. The van der Waals surface area contributed by atoms with Gasteiger partial charge in [0.05, 0.1) is 25.9 Å². The standard InChI is InChI=1S/C24H38N4O3/c1-25-24(28-14-16-31-23(18-28)22-11-8-15-30-22)26-17-20(27-12-6-3-7-13-27)19-9-4-5-10-21(19)29-2/h4-5,9-10,20,22-23H,3,6-8,11-18H2,1-2H3,(H,25,26). The number of hydrogen-bond acceptors (Lipinski definition) is 5. The SMILES string of the molecule is CN=C(NCC(c1ccccc1OC)N1CCCCC1)N1CCOC(C2CCCO2)C1. The summed E-state index contributed by atoms with van der Waals surface area (Å²) in [5.74, 6) is 1.91. The Labute approximate surface area is 186 Å². The maximum atomic E-state index is 6.03. The molecule has 0 bridgehead atoms. The van der Waals surface area contributed by atoms with Crippen LogP contribution in [0.3, 0.4) is 0 Å². The average Bonchev–Trinajstić information content (AvgIpc) is 3.38. The minimum absolute atomic E-state index is 0.127. The Bertz CT molecular complexity index is 717. The molecule has 0 saturated carbocycles. The number of para-hydroxylation sites is 1. The first-order chi connectivity index (χ1) is 15.3. The Kier molecular flexibility index (Phi) is 8.05. The summed E-state index contributed by atoms with van der Waals surface area (Å²) in [6, 6.07) is 8.67. The van der Waals surface area contributed by atoms with E-state index < -0.39 is 0 Å². The summed E-state index contributed by atoms with van der Waals surface area (Å²) in [4.78, 5) is 9.53. The third-order valence-corrected chi connectivity index (χ3v) is 6.77. The number of methoxy groups -OCH3 is 1. The zero-order valence-corrected chi connectivity index (χ0v) is 19.1. The highest BCUT2D eigenvalue weighted by Gasteiger charge is 2.33. The van der Waals surface area contributed by atoms with Crippen molar-refractivity contribution in [3.05, 3.63) is 29.8 Å². The maximum absolute atomic E-state index is 6.03. The molecule has 3 unspecified atom stereocenters. The van der Waals surface area contributed by atoms with Gasteiger partial charge in [-0.05, 0) is 44.8 Å². The highest BCUT2D eigenvalue weighted by atomic mass is 16.5. The van der Waals surface area contributed by atoms with Crippen molar-refractivity contribution in [1.82, 2.24) is 15.1 Å². The molecule has 3 saturated heterocycles. The van der Waals surface area contributed by atoms with Crippen LogP contribution < -0.4 is 10.1 Å². The summed E-state index contributed by atoms with van der Waals surface area (Å²) >= 11 is 0. The van der Waals surface area contributed by atoms with Crippen molar-refractivity contribution in [3.63, 3.8) is 0 Å². The summed E-state index contributed by atoms with van der Waals surface area (Å²) in [5, 5.41) is 3.68. The van der Waals surface area contributed by atoms with Crippen molar-refractivity contribution in [3.8, 4) is 5.75 Å². The topological polar surface area (TPSA) is 58.6 Å². The van der Waals surface area contributed by atoms with Crippen molar-refractivity contribution < 1.29 is 14.2 Å². The van der Waals surface area contributed by atoms with Gasteiger partial charge in [0.25, 0.3) is 0 Å². The summed E-state index contributed by atoms with van der Waals surface area (Å²) in [5.41, 5.74) is 1.24. The summed E-state index contributed by atoms with van der Waals surface area (Å²) in [6.45, 7) is 6.30. The van der Waals surface area contributed by atoms with Crippen molar-refractivity contribution in [1.29, 1.82) is 0 Å². The Morgan fingerprint density at radius 2 is 1.90 bits per heavy atom. The molecule has 172 valence electrons.